The molecule has 0 bridgehead atoms. The Kier molecular flexibility index (Phi) is 5.11. The number of nitrogens with zero attached hydrogens (tertiary/aromatic N) is 2. The molecule has 0 aromatic carbocycles. The molecule has 2 rings (SSSR count). The quantitative estimate of drug-likeness (QED) is 0.649. The number of pyridine rings is 1. The molecule has 2 heterocycles. The van der Waals surface area contributed by atoms with Gasteiger partial charge in [0.25, 0.3) is 0 Å². The normalized spacial score (nSPS) is 16.2. The Hall–Kier alpha value is -1.66. The van der Waals surface area contributed by atoms with Crippen LogP contribution in [0, 0.1) is 0 Å². The second kappa shape index (κ2) is 7.06. The molecular formula is C13H20N4O2. The van der Waals surface area contributed by atoms with Gasteiger partial charge in [-0.2, -0.15) is 0 Å². The molecule has 1 fully saturated rings. The first-order valence-electron chi connectivity index (χ1n) is 6.61. The average molecular weight is 264 g/mol. The van der Waals surface area contributed by atoms with Crippen LogP contribution in [-0.2, 0) is 0 Å². The fourth-order valence-corrected chi connectivity index (χ4v) is 2.18. The van der Waals surface area contributed by atoms with E-state index in [-0.39, 0.29) is 5.56 Å². The van der Waals surface area contributed by atoms with E-state index < -0.39 is 5.97 Å². The van der Waals surface area contributed by atoms with Crippen molar-refractivity contribution in [1.29, 1.82) is 0 Å². The predicted molar refractivity (Wildman–Crippen MR) is 73.6 cm³/mol. The highest BCUT2D eigenvalue weighted by atomic mass is 16.4. The van der Waals surface area contributed by atoms with Crippen LogP contribution in [0.3, 0.4) is 0 Å². The number of carboxylic acids is 1. The number of anilines is 1. The average Bonchev–Trinajstić information content (AvgIpc) is 2.45. The molecule has 1 aromatic heterocycles. The molecule has 3 N–H and O–H groups in total. The third kappa shape index (κ3) is 4.18. The molecular weight excluding hydrogens is 244 g/mol. The summed E-state index contributed by atoms with van der Waals surface area (Å²) in [5, 5.41) is 15.5. The van der Waals surface area contributed by atoms with Crippen LogP contribution >= 0.6 is 0 Å². The summed E-state index contributed by atoms with van der Waals surface area (Å²) in [6, 6.07) is 1.51. The maximum atomic E-state index is 11.0. The van der Waals surface area contributed by atoms with Crippen LogP contribution in [-0.4, -0.2) is 60.2 Å². The number of nitrogens with one attached hydrogen (secondary N) is 2. The number of carboxylic acid groups (broad SMARTS) is 1. The first-order valence-corrected chi connectivity index (χ1v) is 6.61. The Morgan fingerprint density at radius 2 is 2.26 bits per heavy atom. The first-order chi connectivity index (χ1) is 9.27. The number of aromatic carboxylic acids is 1. The molecule has 0 aliphatic carbocycles. The summed E-state index contributed by atoms with van der Waals surface area (Å²) in [7, 11) is 0. The van der Waals surface area contributed by atoms with Crippen LogP contribution in [0.2, 0.25) is 0 Å². The second-order valence-electron chi connectivity index (χ2n) is 4.60. The molecule has 104 valence electrons. The molecule has 0 radical (unpaired) electrons. The van der Waals surface area contributed by atoms with Gasteiger partial charge in [0.2, 0.25) is 0 Å². The maximum absolute atomic E-state index is 11.0. The zero-order valence-electron chi connectivity index (χ0n) is 10.9. The second-order valence-corrected chi connectivity index (χ2v) is 4.60. The third-order valence-electron chi connectivity index (χ3n) is 3.23. The molecule has 6 nitrogen and oxygen atoms in total. The lowest BCUT2D eigenvalue weighted by atomic mass is 10.2. The number of carbonyl (C=O) groups is 1. The van der Waals surface area contributed by atoms with E-state index in [9.17, 15) is 4.79 Å². The Labute approximate surface area is 112 Å². The number of rotatable bonds is 6. The molecule has 19 heavy (non-hydrogen) atoms. The van der Waals surface area contributed by atoms with Crippen LogP contribution in [0.5, 0.6) is 0 Å². The van der Waals surface area contributed by atoms with Gasteiger partial charge in [-0.3, -0.25) is 4.98 Å². The molecule has 1 aliphatic rings. The summed E-state index contributed by atoms with van der Waals surface area (Å²) in [6.45, 7) is 6.09. The topological polar surface area (TPSA) is 77.5 Å². The summed E-state index contributed by atoms with van der Waals surface area (Å²) < 4.78 is 0. The minimum absolute atomic E-state index is 0.275. The van der Waals surface area contributed by atoms with Gasteiger partial charge in [-0.15, -0.1) is 0 Å². The molecule has 1 aromatic rings. The summed E-state index contributed by atoms with van der Waals surface area (Å²) in [6.07, 6.45) is 4.05. The van der Waals surface area contributed by atoms with E-state index in [0.717, 1.165) is 45.7 Å². The van der Waals surface area contributed by atoms with Gasteiger partial charge >= 0.3 is 5.97 Å². The fourth-order valence-electron chi connectivity index (χ4n) is 2.18. The number of aromatic nitrogens is 1. The number of hydrogen-bond acceptors (Lipinski definition) is 5. The largest absolute Gasteiger partial charge is 0.478 e. The van der Waals surface area contributed by atoms with E-state index in [4.69, 9.17) is 5.11 Å². The highest BCUT2D eigenvalue weighted by Crippen LogP contribution is 2.12. The van der Waals surface area contributed by atoms with Gasteiger partial charge in [-0.25, -0.2) is 4.79 Å². The fraction of sp³-hybridized carbons (Fsp3) is 0.538. The van der Waals surface area contributed by atoms with Gasteiger partial charge in [0.1, 0.15) is 0 Å². The summed E-state index contributed by atoms with van der Waals surface area (Å²) in [4.78, 5) is 17.4. The maximum Gasteiger partial charge on any atom is 0.337 e. The van der Waals surface area contributed by atoms with Crippen molar-refractivity contribution < 1.29 is 9.90 Å². The molecule has 0 saturated carbocycles. The Morgan fingerprint density at radius 1 is 1.47 bits per heavy atom. The van der Waals surface area contributed by atoms with Crippen molar-refractivity contribution in [1.82, 2.24) is 15.2 Å². The van der Waals surface area contributed by atoms with Gasteiger partial charge in [-0.05, 0) is 19.0 Å². The SMILES string of the molecule is O=C(O)c1ccncc1NCCCN1CCNCC1. The lowest BCUT2D eigenvalue weighted by Gasteiger charge is -2.27. The van der Waals surface area contributed by atoms with Crippen LogP contribution < -0.4 is 10.6 Å². The molecule has 6 heteroatoms. The Balaban J connectivity index is 1.74. The minimum Gasteiger partial charge on any atom is -0.478 e. The Morgan fingerprint density at radius 3 is 3.00 bits per heavy atom. The van der Waals surface area contributed by atoms with Crippen LogP contribution in [0.15, 0.2) is 18.5 Å². The molecule has 0 atom stereocenters. The molecule has 0 amide bonds. The number of piperazine rings is 1. The monoisotopic (exact) mass is 264 g/mol. The van der Waals surface area contributed by atoms with Crippen molar-refractivity contribution in [3.05, 3.63) is 24.0 Å². The zero-order valence-corrected chi connectivity index (χ0v) is 10.9. The van der Waals surface area contributed by atoms with E-state index in [1.165, 1.54) is 12.3 Å². The van der Waals surface area contributed by atoms with Crippen molar-refractivity contribution in [3.63, 3.8) is 0 Å². The van der Waals surface area contributed by atoms with Crippen molar-refractivity contribution >= 4 is 11.7 Å². The van der Waals surface area contributed by atoms with Crippen molar-refractivity contribution in [2.24, 2.45) is 0 Å². The molecule has 0 spiro atoms. The highest BCUT2D eigenvalue weighted by molar-refractivity contribution is 5.93. The smallest absolute Gasteiger partial charge is 0.337 e. The molecule has 1 saturated heterocycles. The summed E-state index contributed by atoms with van der Waals surface area (Å²) in [5.41, 5.74) is 0.868. The lowest BCUT2D eigenvalue weighted by molar-refractivity contribution is 0.0698. The van der Waals surface area contributed by atoms with Gasteiger partial charge in [0.05, 0.1) is 17.4 Å². The van der Waals surface area contributed by atoms with Gasteiger partial charge in [-0.1, -0.05) is 0 Å². The van der Waals surface area contributed by atoms with Crippen molar-refractivity contribution in [3.8, 4) is 0 Å². The zero-order chi connectivity index (χ0) is 13.5. The molecule has 0 unspecified atom stereocenters. The lowest BCUT2D eigenvalue weighted by Crippen LogP contribution is -2.44. The van der Waals surface area contributed by atoms with Crippen molar-refractivity contribution in [2.75, 3.05) is 44.6 Å². The van der Waals surface area contributed by atoms with E-state index in [1.807, 2.05) is 0 Å². The standard InChI is InChI=1S/C13H20N4O2/c18-13(19)11-2-4-15-10-12(11)16-3-1-7-17-8-5-14-6-9-17/h2,4,10,14,16H,1,3,5-9H2,(H,18,19). The summed E-state index contributed by atoms with van der Waals surface area (Å²) in [5.74, 6) is -0.924. The van der Waals surface area contributed by atoms with Crippen LogP contribution in [0.1, 0.15) is 16.8 Å². The first kappa shape index (κ1) is 13.8. The molecule has 1 aliphatic heterocycles. The van der Waals surface area contributed by atoms with E-state index in [1.54, 1.807) is 6.20 Å². The van der Waals surface area contributed by atoms with Crippen molar-refractivity contribution in [2.45, 2.75) is 6.42 Å². The third-order valence-corrected chi connectivity index (χ3v) is 3.23. The van der Waals surface area contributed by atoms with Gasteiger partial charge < -0.3 is 20.6 Å². The summed E-state index contributed by atoms with van der Waals surface area (Å²) >= 11 is 0. The Bertz CT molecular complexity index is 419. The van der Waals surface area contributed by atoms with E-state index in [0.29, 0.717) is 5.69 Å². The predicted octanol–water partition coefficient (Wildman–Crippen LogP) is 0.487. The van der Waals surface area contributed by atoms with E-state index >= 15 is 0 Å². The van der Waals surface area contributed by atoms with Crippen LogP contribution in [0.4, 0.5) is 5.69 Å². The van der Waals surface area contributed by atoms with E-state index in [2.05, 4.69) is 20.5 Å². The number of hydrogen-bond donors (Lipinski definition) is 3. The minimum atomic E-state index is -0.924. The van der Waals surface area contributed by atoms with Crippen LogP contribution in [0.25, 0.3) is 0 Å². The van der Waals surface area contributed by atoms with Gasteiger partial charge in [0, 0.05) is 38.9 Å². The highest BCUT2D eigenvalue weighted by Gasteiger charge is 2.10. The van der Waals surface area contributed by atoms with Gasteiger partial charge in [0.15, 0.2) is 0 Å².